The lowest BCUT2D eigenvalue weighted by molar-refractivity contribution is 0.101. The van der Waals surface area contributed by atoms with E-state index in [9.17, 15) is 9.59 Å². The van der Waals surface area contributed by atoms with Gasteiger partial charge in [0.25, 0.3) is 0 Å². The van der Waals surface area contributed by atoms with Crippen LogP contribution in [-0.4, -0.2) is 16.1 Å². The molecular formula is C31H32BrNO2. The maximum absolute atomic E-state index is 13.0. The fourth-order valence-electron chi connectivity index (χ4n) is 4.61. The maximum atomic E-state index is 13.0. The van der Waals surface area contributed by atoms with E-state index in [0.717, 1.165) is 44.8 Å². The van der Waals surface area contributed by atoms with E-state index in [1.165, 1.54) is 32.1 Å². The van der Waals surface area contributed by atoms with Crippen molar-refractivity contribution in [1.82, 2.24) is 4.57 Å². The van der Waals surface area contributed by atoms with Crippen LogP contribution in [0.2, 0.25) is 0 Å². The molecule has 0 saturated carbocycles. The molecule has 0 aliphatic carbocycles. The minimum absolute atomic E-state index is 0.0330. The van der Waals surface area contributed by atoms with Gasteiger partial charge in [-0.15, -0.1) is 0 Å². The van der Waals surface area contributed by atoms with Gasteiger partial charge in [-0.3, -0.25) is 9.59 Å². The second-order valence-corrected chi connectivity index (χ2v) is 10.1. The zero-order chi connectivity index (χ0) is 24.8. The van der Waals surface area contributed by atoms with E-state index >= 15 is 0 Å². The van der Waals surface area contributed by atoms with Crippen LogP contribution in [0.4, 0.5) is 0 Å². The average molecular weight is 531 g/mol. The molecule has 3 nitrogen and oxygen atoms in total. The Labute approximate surface area is 216 Å². The van der Waals surface area contributed by atoms with E-state index in [-0.39, 0.29) is 11.6 Å². The van der Waals surface area contributed by atoms with Crippen molar-refractivity contribution in [3.05, 3.63) is 87.9 Å². The summed E-state index contributed by atoms with van der Waals surface area (Å²) in [5.74, 6) is 0.0164. The third-order valence-corrected chi connectivity index (χ3v) is 7.12. The predicted octanol–water partition coefficient (Wildman–Crippen LogP) is 9.02. The Bertz CT molecular complexity index is 1380. The summed E-state index contributed by atoms with van der Waals surface area (Å²) in [7, 11) is 0. The number of rotatable bonds is 11. The molecule has 0 spiro atoms. The van der Waals surface area contributed by atoms with Crippen LogP contribution < -0.4 is 0 Å². The highest BCUT2D eigenvalue weighted by Gasteiger charge is 2.14. The van der Waals surface area contributed by atoms with Crippen LogP contribution in [0, 0.1) is 0 Å². The first-order valence-corrected chi connectivity index (χ1v) is 13.3. The molecule has 0 saturated heterocycles. The number of aryl methyl sites for hydroxylation is 1. The maximum Gasteiger partial charge on any atom is 0.185 e. The van der Waals surface area contributed by atoms with Gasteiger partial charge in [0.15, 0.2) is 11.6 Å². The lowest BCUT2D eigenvalue weighted by Gasteiger charge is -2.08. The normalized spacial score (nSPS) is 11.6. The minimum atomic E-state index is -0.0330. The van der Waals surface area contributed by atoms with E-state index in [1.54, 1.807) is 13.0 Å². The molecule has 180 valence electrons. The Morgan fingerprint density at radius 1 is 0.800 bits per heavy atom. The number of carbonyl (C=O) groups excluding carboxylic acids is 2. The van der Waals surface area contributed by atoms with Gasteiger partial charge in [0.05, 0.1) is 0 Å². The van der Waals surface area contributed by atoms with E-state index in [0.29, 0.717) is 11.1 Å². The topological polar surface area (TPSA) is 39.1 Å². The van der Waals surface area contributed by atoms with Crippen molar-refractivity contribution >= 4 is 55.4 Å². The second kappa shape index (κ2) is 11.6. The highest BCUT2D eigenvalue weighted by atomic mass is 79.9. The van der Waals surface area contributed by atoms with Crippen molar-refractivity contribution < 1.29 is 9.59 Å². The first-order valence-electron chi connectivity index (χ1n) is 12.5. The van der Waals surface area contributed by atoms with E-state index in [2.05, 4.69) is 39.6 Å². The van der Waals surface area contributed by atoms with Gasteiger partial charge in [-0.25, -0.2) is 0 Å². The van der Waals surface area contributed by atoms with Crippen LogP contribution in [0.1, 0.15) is 78.7 Å². The molecule has 4 aromatic rings. The lowest BCUT2D eigenvalue weighted by atomic mass is 10.0. The molecule has 0 atom stereocenters. The van der Waals surface area contributed by atoms with Crippen LogP contribution in [-0.2, 0) is 6.54 Å². The number of hydrogen-bond acceptors (Lipinski definition) is 2. The van der Waals surface area contributed by atoms with Gasteiger partial charge >= 0.3 is 0 Å². The Hall–Kier alpha value is -2.98. The fraction of sp³-hybridized carbons (Fsp3) is 0.290. The number of hydrogen-bond donors (Lipinski definition) is 0. The number of allylic oxidation sites excluding steroid dienone is 1. The molecule has 0 aliphatic heterocycles. The van der Waals surface area contributed by atoms with Gasteiger partial charge in [0.1, 0.15) is 0 Å². The predicted molar refractivity (Wildman–Crippen MR) is 150 cm³/mol. The van der Waals surface area contributed by atoms with Crippen molar-refractivity contribution in [2.45, 2.75) is 58.9 Å². The summed E-state index contributed by atoms with van der Waals surface area (Å²) in [6, 6.07) is 19.7. The molecular weight excluding hydrogens is 498 g/mol. The third-order valence-electron chi connectivity index (χ3n) is 6.59. The third kappa shape index (κ3) is 5.99. The quantitative estimate of drug-likeness (QED) is 0.110. The Kier molecular flexibility index (Phi) is 8.35. The number of aromatic nitrogens is 1. The summed E-state index contributed by atoms with van der Waals surface area (Å²) >= 11 is 3.44. The molecule has 0 radical (unpaired) electrons. The molecule has 0 unspecified atom stereocenters. The van der Waals surface area contributed by atoms with Crippen LogP contribution in [0.25, 0.3) is 27.9 Å². The number of fused-ring (bicyclic) bond motifs is 3. The van der Waals surface area contributed by atoms with Crippen molar-refractivity contribution in [2.75, 3.05) is 0 Å². The van der Waals surface area contributed by atoms with E-state index in [4.69, 9.17) is 0 Å². The summed E-state index contributed by atoms with van der Waals surface area (Å²) in [4.78, 5) is 25.1. The first kappa shape index (κ1) is 25.1. The molecule has 3 aromatic carbocycles. The summed E-state index contributed by atoms with van der Waals surface area (Å²) in [6.45, 7) is 4.77. The number of benzene rings is 3. The minimum Gasteiger partial charge on any atom is -0.340 e. The smallest absolute Gasteiger partial charge is 0.185 e. The van der Waals surface area contributed by atoms with Gasteiger partial charge in [0.2, 0.25) is 0 Å². The van der Waals surface area contributed by atoms with Crippen molar-refractivity contribution in [2.24, 2.45) is 0 Å². The highest BCUT2D eigenvalue weighted by Crippen LogP contribution is 2.31. The SMILES string of the molecule is CCCCCCCCn1c2ccc(C(C)=O)cc2c2cc(C(=O)/C=C/c3ccc(Br)cc3)ccc21. The van der Waals surface area contributed by atoms with Crippen molar-refractivity contribution in [1.29, 1.82) is 0 Å². The van der Waals surface area contributed by atoms with Gasteiger partial charge in [0, 0.05) is 44.0 Å². The van der Waals surface area contributed by atoms with Crippen molar-refractivity contribution in [3.63, 3.8) is 0 Å². The lowest BCUT2D eigenvalue weighted by Crippen LogP contribution is -1.99. The summed E-state index contributed by atoms with van der Waals surface area (Å²) in [6.07, 6.45) is 10.9. The average Bonchev–Trinajstić information content (AvgIpc) is 3.17. The number of unbranched alkanes of at least 4 members (excludes halogenated alkanes) is 5. The van der Waals surface area contributed by atoms with Gasteiger partial charge in [-0.2, -0.15) is 0 Å². The molecule has 4 heteroatoms. The van der Waals surface area contributed by atoms with E-state index in [1.807, 2.05) is 54.6 Å². The van der Waals surface area contributed by atoms with Gasteiger partial charge in [-0.1, -0.05) is 73.2 Å². The summed E-state index contributed by atoms with van der Waals surface area (Å²) in [5, 5.41) is 2.06. The zero-order valence-corrected chi connectivity index (χ0v) is 22.1. The second-order valence-electron chi connectivity index (χ2n) is 9.19. The largest absolute Gasteiger partial charge is 0.340 e. The van der Waals surface area contributed by atoms with Crippen LogP contribution in [0.3, 0.4) is 0 Å². The molecule has 0 fully saturated rings. The van der Waals surface area contributed by atoms with Gasteiger partial charge < -0.3 is 4.57 Å². The molecule has 0 bridgehead atoms. The Morgan fingerprint density at radius 3 is 2.06 bits per heavy atom. The molecule has 0 amide bonds. The number of nitrogens with zero attached hydrogens (tertiary/aromatic N) is 1. The molecule has 1 heterocycles. The monoisotopic (exact) mass is 529 g/mol. The number of ketones is 2. The number of halogens is 1. The molecule has 4 rings (SSSR count). The Balaban J connectivity index is 1.66. The molecule has 0 aliphatic rings. The molecule has 35 heavy (non-hydrogen) atoms. The van der Waals surface area contributed by atoms with Gasteiger partial charge in [-0.05, 0) is 73.5 Å². The first-order chi connectivity index (χ1) is 17.0. The van der Waals surface area contributed by atoms with Crippen LogP contribution in [0.5, 0.6) is 0 Å². The zero-order valence-electron chi connectivity index (χ0n) is 20.5. The summed E-state index contributed by atoms with van der Waals surface area (Å²) in [5.41, 5.74) is 4.56. The fourth-order valence-corrected chi connectivity index (χ4v) is 4.87. The van der Waals surface area contributed by atoms with Crippen LogP contribution in [0.15, 0.2) is 71.2 Å². The highest BCUT2D eigenvalue weighted by molar-refractivity contribution is 9.10. The van der Waals surface area contributed by atoms with Crippen LogP contribution >= 0.6 is 15.9 Å². The van der Waals surface area contributed by atoms with E-state index < -0.39 is 0 Å². The standard InChI is InChI=1S/C31H32BrNO2/c1-3-4-5-6-7-8-19-33-29-16-12-24(22(2)34)20-27(29)28-21-25(13-17-30(28)33)31(35)18-11-23-9-14-26(32)15-10-23/h9-18,20-21H,3-8,19H2,1-2H3/b18-11+. The molecule has 0 N–H and O–H groups in total. The number of carbonyl (C=O) groups is 2. The molecule has 1 aromatic heterocycles. The van der Waals surface area contributed by atoms with Crippen molar-refractivity contribution in [3.8, 4) is 0 Å². The Morgan fingerprint density at radius 2 is 1.40 bits per heavy atom. The number of Topliss-reactive ketones (excluding diaryl/α,β-unsaturated/α-hetero) is 1. The summed E-state index contributed by atoms with van der Waals surface area (Å²) < 4.78 is 3.36.